The third-order valence-corrected chi connectivity index (χ3v) is 3.03. The molecule has 5 nitrogen and oxygen atoms in total. The van der Waals surface area contributed by atoms with E-state index in [1.165, 1.54) is 19.3 Å². The van der Waals surface area contributed by atoms with Crippen LogP contribution < -0.4 is 16.8 Å². The lowest BCUT2D eigenvalue weighted by Gasteiger charge is -2.26. The first-order valence-electron chi connectivity index (χ1n) is 5.87. The van der Waals surface area contributed by atoms with Gasteiger partial charge in [-0.15, -0.1) is 0 Å². The normalized spacial score (nSPS) is 15.8. The van der Waals surface area contributed by atoms with Crippen LogP contribution in [0, 0.1) is 0 Å². The van der Waals surface area contributed by atoms with Crippen LogP contribution in [0.2, 0.25) is 0 Å². The second kappa shape index (κ2) is 5.12. The molecule has 0 saturated heterocycles. The van der Waals surface area contributed by atoms with Gasteiger partial charge >= 0.3 is 0 Å². The molecule has 0 aliphatic heterocycles. The summed E-state index contributed by atoms with van der Waals surface area (Å²) < 4.78 is 0. The summed E-state index contributed by atoms with van der Waals surface area (Å²) in [4.78, 5) is 8.38. The number of anilines is 2. The third-order valence-electron chi connectivity index (χ3n) is 3.03. The Bertz CT molecular complexity index is 348. The Kier molecular flexibility index (Phi) is 3.56. The Balaban J connectivity index is 2.08. The minimum absolute atomic E-state index is 0.367. The van der Waals surface area contributed by atoms with Crippen LogP contribution in [0.3, 0.4) is 0 Å². The molecule has 0 bridgehead atoms. The molecule has 5 N–H and O–H groups in total. The van der Waals surface area contributed by atoms with Crippen LogP contribution >= 0.6 is 0 Å². The lowest BCUT2D eigenvalue weighted by atomic mass is 9.82. The molecular formula is C11H19N5. The second-order valence-corrected chi connectivity index (χ2v) is 4.22. The SMILES string of the molecule is NCCCNc1cnc(N)nc1C1CCC1. The maximum Gasteiger partial charge on any atom is 0.220 e. The van der Waals surface area contributed by atoms with E-state index in [2.05, 4.69) is 15.3 Å². The van der Waals surface area contributed by atoms with Gasteiger partial charge in [0.15, 0.2) is 0 Å². The number of nitrogens with zero attached hydrogens (tertiary/aromatic N) is 2. The topological polar surface area (TPSA) is 89.8 Å². The standard InChI is InChI=1S/C11H19N5/c12-5-2-6-14-9-7-15-11(13)16-10(9)8-3-1-4-8/h7-8,14H,1-6,12H2,(H2,13,15,16). The van der Waals surface area contributed by atoms with Crippen molar-refractivity contribution in [2.45, 2.75) is 31.6 Å². The summed E-state index contributed by atoms with van der Waals surface area (Å²) in [6, 6.07) is 0. The minimum atomic E-state index is 0.367. The van der Waals surface area contributed by atoms with Gasteiger partial charge in [0, 0.05) is 12.5 Å². The maximum atomic E-state index is 5.63. The predicted octanol–water partition coefficient (Wildman–Crippen LogP) is 1.09. The molecule has 0 aromatic carbocycles. The lowest BCUT2D eigenvalue weighted by molar-refractivity contribution is 0.412. The summed E-state index contributed by atoms with van der Waals surface area (Å²) >= 11 is 0. The summed E-state index contributed by atoms with van der Waals surface area (Å²) in [5, 5.41) is 3.33. The quantitative estimate of drug-likeness (QED) is 0.647. The minimum Gasteiger partial charge on any atom is -0.382 e. The van der Waals surface area contributed by atoms with Crippen molar-refractivity contribution in [1.82, 2.24) is 9.97 Å². The van der Waals surface area contributed by atoms with E-state index in [0.29, 0.717) is 18.4 Å². The highest BCUT2D eigenvalue weighted by Gasteiger charge is 2.24. The highest BCUT2D eigenvalue weighted by Crippen LogP contribution is 2.38. The first kappa shape index (κ1) is 11.1. The van der Waals surface area contributed by atoms with E-state index in [-0.39, 0.29) is 0 Å². The molecule has 0 amide bonds. The molecule has 1 aliphatic rings. The van der Waals surface area contributed by atoms with Crippen molar-refractivity contribution in [1.29, 1.82) is 0 Å². The number of hydrogen-bond acceptors (Lipinski definition) is 5. The number of nitrogens with one attached hydrogen (secondary N) is 1. The fraction of sp³-hybridized carbons (Fsp3) is 0.636. The largest absolute Gasteiger partial charge is 0.382 e. The number of aromatic nitrogens is 2. The van der Waals surface area contributed by atoms with Crippen LogP contribution in [0.4, 0.5) is 11.6 Å². The van der Waals surface area contributed by atoms with E-state index in [4.69, 9.17) is 11.5 Å². The van der Waals surface area contributed by atoms with Gasteiger partial charge in [-0.25, -0.2) is 9.97 Å². The Morgan fingerprint density at radius 1 is 1.44 bits per heavy atom. The monoisotopic (exact) mass is 221 g/mol. The van der Waals surface area contributed by atoms with E-state index >= 15 is 0 Å². The zero-order valence-corrected chi connectivity index (χ0v) is 9.45. The molecule has 0 atom stereocenters. The molecule has 1 aromatic rings. The van der Waals surface area contributed by atoms with Crippen LogP contribution in [0.5, 0.6) is 0 Å². The Morgan fingerprint density at radius 3 is 2.88 bits per heavy atom. The highest BCUT2D eigenvalue weighted by molar-refractivity contribution is 5.50. The summed E-state index contributed by atoms with van der Waals surface area (Å²) in [7, 11) is 0. The molecule has 1 heterocycles. The van der Waals surface area contributed by atoms with Crippen molar-refractivity contribution in [3.05, 3.63) is 11.9 Å². The van der Waals surface area contributed by atoms with Crippen LogP contribution in [0.1, 0.15) is 37.3 Å². The zero-order valence-electron chi connectivity index (χ0n) is 9.45. The summed E-state index contributed by atoms with van der Waals surface area (Å²) in [5.41, 5.74) is 13.2. The third kappa shape index (κ3) is 2.41. The number of nitrogen functional groups attached to an aromatic ring is 1. The summed E-state index contributed by atoms with van der Waals surface area (Å²) in [5.74, 6) is 0.928. The molecule has 0 radical (unpaired) electrons. The van der Waals surface area contributed by atoms with E-state index in [1.54, 1.807) is 6.20 Å². The van der Waals surface area contributed by atoms with Crippen LogP contribution in [-0.2, 0) is 0 Å². The summed E-state index contributed by atoms with van der Waals surface area (Å²) in [6.07, 6.45) is 6.45. The highest BCUT2D eigenvalue weighted by atomic mass is 15.0. The van der Waals surface area contributed by atoms with Gasteiger partial charge in [-0.2, -0.15) is 0 Å². The van der Waals surface area contributed by atoms with E-state index < -0.39 is 0 Å². The fourth-order valence-corrected chi connectivity index (χ4v) is 1.86. The van der Waals surface area contributed by atoms with Gasteiger partial charge in [0.25, 0.3) is 0 Å². The second-order valence-electron chi connectivity index (χ2n) is 4.22. The molecule has 88 valence electrons. The van der Waals surface area contributed by atoms with Gasteiger partial charge in [0.05, 0.1) is 17.6 Å². The van der Waals surface area contributed by atoms with E-state index in [9.17, 15) is 0 Å². The van der Waals surface area contributed by atoms with Crippen LogP contribution in [-0.4, -0.2) is 23.1 Å². The molecule has 1 fully saturated rings. The molecule has 5 heteroatoms. The van der Waals surface area contributed by atoms with E-state index in [1.807, 2.05) is 0 Å². The van der Waals surface area contributed by atoms with Crippen LogP contribution in [0.25, 0.3) is 0 Å². The smallest absolute Gasteiger partial charge is 0.220 e. The fourth-order valence-electron chi connectivity index (χ4n) is 1.86. The van der Waals surface area contributed by atoms with Gasteiger partial charge in [0.1, 0.15) is 0 Å². The molecule has 1 aliphatic carbocycles. The van der Waals surface area contributed by atoms with Crippen molar-refractivity contribution < 1.29 is 0 Å². The lowest BCUT2D eigenvalue weighted by Crippen LogP contribution is -2.17. The number of nitrogens with two attached hydrogens (primary N) is 2. The average Bonchev–Trinajstić information content (AvgIpc) is 2.19. The Hall–Kier alpha value is -1.36. The molecule has 1 saturated carbocycles. The maximum absolute atomic E-state index is 5.63. The van der Waals surface area contributed by atoms with Gasteiger partial charge < -0.3 is 16.8 Å². The molecule has 0 unspecified atom stereocenters. The molecule has 0 spiro atoms. The van der Waals surface area contributed by atoms with Crippen molar-refractivity contribution in [2.24, 2.45) is 5.73 Å². The zero-order chi connectivity index (χ0) is 11.4. The van der Waals surface area contributed by atoms with Crippen LogP contribution in [0.15, 0.2) is 6.20 Å². The van der Waals surface area contributed by atoms with Gasteiger partial charge in [-0.05, 0) is 25.8 Å². The molecule has 2 rings (SSSR count). The van der Waals surface area contributed by atoms with E-state index in [0.717, 1.165) is 24.3 Å². The van der Waals surface area contributed by atoms with Crippen molar-refractivity contribution >= 4 is 11.6 Å². The Morgan fingerprint density at radius 2 is 2.25 bits per heavy atom. The molecular weight excluding hydrogens is 202 g/mol. The summed E-state index contributed by atoms with van der Waals surface area (Å²) in [6.45, 7) is 1.56. The van der Waals surface area contributed by atoms with Gasteiger partial charge in [-0.1, -0.05) is 6.42 Å². The first-order chi connectivity index (χ1) is 7.81. The van der Waals surface area contributed by atoms with Crippen molar-refractivity contribution in [3.63, 3.8) is 0 Å². The Labute approximate surface area is 95.6 Å². The number of rotatable bonds is 5. The van der Waals surface area contributed by atoms with Gasteiger partial charge in [-0.3, -0.25) is 0 Å². The van der Waals surface area contributed by atoms with Crippen molar-refractivity contribution in [3.8, 4) is 0 Å². The molecule has 16 heavy (non-hydrogen) atoms. The predicted molar refractivity (Wildman–Crippen MR) is 65.2 cm³/mol. The van der Waals surface area contributed by atoms with Gasteiger partial charge in [0.2, 0.25) is 5.95 Å². The average molecular weight is 221 g/mol. The van der Waals surface area contributed by atoms with Crippen molar-refractivity contribution in [2.75, 3.05) is 24.1 Å². The molecule has 1 aromatic heterocycles. The first-order valence-corrected chi connectivity index (χ1v) is 5.87. The number of hydrogen-bond donors (Lipinski definition) is 3.